The molecule has 3 rings (SSSR count). The number of ether oxygens (including phenoxy) is 2. The minimum absolute atomic E-state index is 0.00604. The molecule has 0 unspecified atom stereocenters. The van der Waals surface area contributed by atoms with Gasteiger partial charge in [-0.05, 0) is 36.3 Å². The first kappa shape index (κ1) is 22.2. The van der Waals surface area contributed by atoms with Crippen molar-refractivity contribution in [3.63, 3.8) is 0 Å². The third-order valence-corrected chi connectivity index (χ3v) is 4.77. The highest BCUT2D eigenvalue weighted by atomic mass is 19.1. The number of carboxylic acids is 1. The first-order chi connectivity index (χ1) is 14.9. The van der Waals surface area contributed by atoms with Crippen LogP contribution in [0.25, 0.3) is 11.1 Å². The molecule has 0 saturated heterocycles. The summed E-state index contributed by atoms with van der Waals surface area (Å²) >= 11 is 0. The number of hydrogen-bond donors (Lipinski definition) is 1. The van der Waals surface area contributed by atoms with E-state index in [1.54, 1.807) is 18.2 Å². The fourth-order valence-electron chi connectivity index (χ4n) is 3.40. The van der Waals surface area contributed by atoms with Gasteiger partial charge in [-0.2, -0.15) is 0 Å². The van der Waals surface area contributed by atoms with Crippen molar-refractivity contribution in [2.75, 3.05) is 13.9 Å². The summed E-state index contributed by atoms with van der Waals surface area (Å²) in [5.74, 6) is -2.18. The Bertz CT molecular complexity index is 1120. The summed E-state index contributed by atoms with van der Waals surface area (Å²) in [5.41, 5.74) is 1.36. The number of aliphatic carboxylic acids is 1. The SMILES string of the molecule is COCOc1ccc(C)cc1CC(=C(C(=O)O)c1ccccc1F)c1ccccc1F. The van der Waals surface area contributed by atoms with Gasteiger partial charge in [0.05, 0.1) is 5.57 Å². The van der Waals surface area contributed by atoms with Crippen molar-refractivity contribution in [2.45, 2.75) is 13.3 Å². The lowest BCUT2D eigenvalue weighted by atomic mass is 9.89. The maximum Gasteiger partial charge on any atom is 0.336 e. The van der Waals surface area contributed by atoms with Crippen molar-refractivity contribution in [2.24, 2.45) is 0 Å². The van der Waals surface area contributed by atoms with Crippen LogP contribution >= 0.6 is 0 Å². The van der Waals surface area contributed by atoms with Gasteiger partial charge in [0.15, 0.2) is 6.79 Å². The maximum atomic E-state index is 14.8. The average Bonchev–Trinajstić information content (AvgIpc) is 2.74. The number of hydrogen-bond acceptors (Lipinski definition) is 3. The molecule has 0 heterocycles. The zero-order valence-corrected chi connectivity index (χ0v) is 17.2. The van der Waals surface area contributed by atoms with Gasteiger partial charge in [0.25, 0.3) is 0 Å². The van der Waals surface area contributed by atoms with Gasteiger partial charge >= 0.3 is 5.97 Å². The molecule has 0 amide bonds. The van der Waals surface area contributed by atoms with Gasteiger partial charge in [0.1, 0.15) is 17.4 Å². The molecule has 0 radical (unpaired) electrons. The molecule has 0 fully saturated rings. The summed E-state index contributed by atoms with van der Waals surface area (Å²) in [6.07, 6.45) is 0.0115. The monoisotopic (exact) mass is 424 g/mol. The normalized spacial score (nSPS) is 11.7. The van der Waals surface area contributed by atoms with E-state index in [0.29, 0.717) is 11.3 Å². The molecule has 0 saturated carbocycles. The molecule has 4 nitrogen and oxygen atoms in total. The predicted molar refractivity (Wildman–Crippen MR) is 115 cm³/mol. The summed E-state index contributed by atoms with van der Waals surface area (Å²) in [5, 5.41) is 10.0. The summed E-state index contributed by atoms with van der Waals surface area (Å²) in [6.45, 7) is 1.87. The maximum absolute atomic E-state index is 14.8. The first-order valence-electron chi connectivity index (χ1n) is 9.60. The molecule has 160 valence electrons. The van der Waals surface area contributed by atoms with Crippen LogP contribution in [0.5, 0.6) is 5.75 Å². The van der Waals surface area contributed by atoms with Crippen molar-refractivity contribution in [1.82, 2.24) is 0 Å². The minimum Gasteiger partial charge on any atom is -0.478 e. The number of rotatable bonds is 8. The second-order valence-electron chi connectivity index (χ2n) is 6.96. The largest absolute Gasteiger partial charge is 0.478 e. The molecule has 3 aromatic carbocycles. The Morgan fingerprint density at radius 3 is 2.13 bits per heavy atom. The Morgan fingerprint density at radius 1 is 0.935 bits per heavy atom. The molecule has 0 aliphatic rings. The average molecular weight is 424 g/mol. The van der Waals surface area contributed by atoms with Crippen LogP contribution in [0.4, 0.5) is 8.78 Å². The lowest BCUT2D eigenvalue weighted by molar-refractivity contribution is -0.130. The van der Waals surface area contributed by atoms with Crippen LogP contribution in [0.15, 0.2) is 66.7 Å². The second-order valence-corrected chi connectivity index (χ2v) is 6.96. The van der Waals surface area contributed by atoms with E-state index in [9.17, 15) is 18.7 Å². The fraction of sp³-hybridized carbons (Fsp3) is 0.160. The molecule has 0 spiro atoms. The molecular weight excluding hydrogens is 402 g/mol. The predicted octanol–water partition coefficient (Wildman–Crippen LogP) is 5.49. The Balaban J connectivity index is 2.28. The van der Waals surface area contributed by atoms with E-state index in [0.717, 1.165) is 5.56 Å². The summed E-state index contributed by atoms with van der Waals surface area (Å²) in [4.78, 5) is 12.3. The number of benzene rings is 3. The third kappa shape index (κ3) is 5.16. The molecule has 31 heavy (non-hydrogen) atoms. The number of allylic oxidation sites excluding steroid dienone is 1. The number of halogens is 2. The molecule has 0 atom stereocenters. The van der Waals surface area contributed by atoms with Crippen molar-refractivity contribution in [3.05, 3.63) is 101 Å². The smallest absolute Gasteiger partial charge is 0.336 e. The Hall–Kier alpha value is -3.51. The third-order valence-electron chi connectivity index (χ3n) is 4.77. The molecule has 0 aliphatic heterocycles. The summed E-state index contributed by atoms with van der Waals surface area (Å²) in [7, 11) is 1.49. The molecule has 6 heteroatoms. The van der Waals surface area contributed by atoms with E-state index >= 15 is 0 Å². The minimum atomic E-state index is -1.35. The van der Waals surface area contributed by atoms with E-state index in [-0.39, 0.29) is 35.5 Å². The van der Waals surface area contributed by atoms with Gasteiger partial charge in [-0.1, -0.05) is 54.1 Å². The summed E-state index contributed by atoms with van der Waals surface area (Å²) < 4.78 is 40.0. The Kier molecular flexibility index (Phi) is 7.15. The number of methoxy groups -OCH3 is 1. The van der Waals surface area contributed by atoms with Gasteiger partial charge in [-0.25, -0.2) is 13.6 Å². The van der Waals surface area contributed by atoms with Gasteiger partial charge in [0.2, 0.25) is 0 Å². The second kappa shape index (κ2) is 10.00. The topological polar surface area (TPSA) is 55.8 Å². The van der Waals surface area contributed by atoms with E-state index in [1.165, 1.54) is 43.5 Å². The van der Waals surface area contributed by atoms with Crippen LogP contribution in [0.1, 0.15) is 22.3 Å². The van der Waals surface area contributed by atoms with E-state index in [4.69, 9.17) is 9.47 Å². The highest BCUT2D eigenvalue weighted by Crippen LogP contribution is 2.35. The van der Waals surface area contributed by atoms with Crippen molar-refractivity contribution in [1.29, 1.82) is 0 Å². The van der Waals surface area contributed by atoms with Gasteiger partial charge in [-0.15, -0.1) is 0 Å². The van der Waals surface area contributed by atoms with Gasteiger partial charge in [0, 0.05) is 24.7 Å². The number of aryl methyl sites for hydroxylation is 1. The molecule has 0 aromatic heterocycles. The fourth-order valence-corrected chi connectivity index (χ4v) is 3.40. The highest BCUT2D eigenvalue weighted by molar-refractivity contribution is 6.24. The first-order valence-corrected chi connectivity index (χ1v) is 9.60. The molecular formula is C25H22F2O4. The van der Waals surface area contributed by atoms with Crippen LogP contribution < -0.4 is 4.74 Å². The van der Waals surface area contributed by atoms with Crippen molar-refractivity contribution < 1.29 is 28.2 Å². The number of carbonyl (C=O) groups is 1. The van der Waals surface area contributed by atoms with Crippen LogP contribution in [-0.4, -0.2) is 25.0 Å². The van der Waals surface area contributed by atoms with Crippen LogP contribution in [0, 0.1) is 18.6 Å². The summed E-state index contributed by atoms with van der Waals surface area (Å²) in [6, 6.07) is 16.8. The molecule has 0 aliphatic carbocycles. The van der Waals surface area contributed by atoms with Gasteiger partial charge < -0.3 is 14.6 Å². The highest BCUT2D eigenvalue weighted by Gasteiger charge is 2.24. The van der Waals surface area contributed by atoms with Crippen molar-refractivity contribution in [3.8, 4) is 5.75 Å². The van der Waals surface area contributed by atoms with Crippen LogP contribution in [0.2, 0.25) is 0 Å². The van der Waals surface area contributed by atoms with Crippen molar-refractivity contribution >= 4 is 17.1 Å². The number of carboxylic acid groups (broad SMARTS) is 1. The van der Waals surface area contributed by atoms with Crippen LogP contribution in [0.3, 0.4) is 0 Å². The lowest BCUT2D eigenvalue weighted by Crippen LogP contribution is -2.09. The zero-order valence-electron chi connectivity index (χ0n) is 17.2. The molecule has 0 bridgehead atoms. The van der Waals surface area contributed by atoms with Gasteiger partial charge in [-0.3, -0.25) is 0 Å². The van der Waals surface area contributed by atoms with E-state index < -0.39 is 17.6 Å². The molecule has 1 N–H and O–H groups in total. The lowest BCUT2D eigenvalue weighted by Gasteiger charge is -2.18. The molecule has 3 aromatic rings. The Morgan fingerprint density at radius 2 is 1.55 bits per heavy atom. The standard InChI is InChI=1S/C25H22F2O4/c1-16-11-12-23(31-15-30-2)17(13-16)14-20(18-7-3-5-9-21(18)26)24(25(28)29)19-8-4-6-10-22(19)27/h3-13H,14-15H2,1-2H3,(H,28,29). The van der Waals surface area contributed by atoms with Crippen LogP contribution in [-0.2, 0) is 16.0 Å². The van der Waals surface area contributed by atoms with E-state index in [1.807, 2.05) is 19.1 Å². The quantitative estimate of drug-likeness (QED) is 0.295. The Labute approximate surface area is 179 Å². The zero-order chi connectivity index (χ0) is 22.4. The van der Waals surface area contributed by atoms with E-state index in [2.05, 4.69) is 0 Å².